The molecule has 1 saturated heterocycles. The molecule has 1 aromatic rings. The van der Waals surface area contributed by atoms with E-state index < -0.39 is 0 Å². The smallest absolute Gasteiger partial charge is 0.225 e. The molecule has 2 unspecified atom stereocenters. The van der Waals surface area contributed by atoms with Crippen molar-refractivity contribution in [3.63, 3.8) is 0 Å². The van der Waals surface area contributed by atoms with E-state index in [2.05, 4.69) is 10.2 Å². The Hall–Kier alpha value is -1.59. The quantitative estimate of drug-likeness (QED) is 0.736. The average Bonchev–Trinajstić information content (AvgIpc) is 2.45. The van der Waals surface area contributed by atoms with E-state index in [1.165, 1.54) is 0 Å². The molecule has 2 atom stereocenters. The maximum Gasteiger partial charge on any atom is 0.225 e. The molecule has 1 aliphatic heterocycles. The van der Waals surface area contributed by atoms with Crippen LogP contribution in [0, 0.1) is 12.8 Å². The SMILES string of the molecule is Cc1c(N)cccc1NC(=O)CCN1CCC(O)C(C)C1. The summed E-state index contributed by atoms with van der Waals surface area (Å²) in [5.74, 6) is 0.278. The highest BCUT2D eigenvalue weighted by Gasteiger charge is 2.24. The van der Waals surface area contributed by atoms with E-state index in [0.29, 0.717) is 12.1 Å². The number of rotatable bonds is 4. The van der Waals surface area contributed by atoms with Gasteiger partial charge in [0.05, 0.1) is 6.10 Å². The summed E-state index contributed by atoms with van der Waals surface area (Å²) in [5.41, 5.74) is 8.20. The van der Waals surface area contributed by atoms with E-state index in [1.807, 2.05) is 32.0 Å². The summed E-state index contributed by atoms with van der Waals surface area (Å²) >= 11 is 0. The van der Waals surface area contributed by atoms with Crippen molar-refractivity contribution < 1.29 is 9.90 Å². The normalized spacial score (nSPS) is 23.0. The number of carbonyl (C=O) groups is 1. The van der Waals surface area contributed by atoms with E-state index >= 15 is 0 Å². The van der Waals surface area contributed by atoms with Gasteiger partial charge in [0.25, 0.3) is 0 Å². The molecule has 0 aliphatic carbocycles. The van der Waals surface area contributed by atoms with Crippen LogP contribution in [0.2, 0.25) is 0 Å². The van der Waals surface area contributed by atoms with Crippen LogP contribution in [0.15, 0.2) is 18.2 Å². The fraction of sp³-hybridized carbons (Fsp3) is 0.562. The first-order valence-electron chi connectivity index (χ1n) is 7.52. The van der Waals surface area contributed by atoms with Crippen molar-refractivity contribution in [1.82, 2.24) is 4.90 Å². The van der Waals surface area contributed by atoms with Crippen molar-refractivity contribution in [2.75, 3.05) is 30.7 Å². The number of amides is 1. The summed E-state index contributed by atoms with van der Waals surface area (Å²) < 4.78 is 0. The standard InChI is InChI=1S/C16H25N3O2/c1-11-10-19(8-6-15(11)20)9-7-16(21)18-14-5-3-4-13(17)12(14)2/h3-5,11,15,20H,6-10,17H2,1-2H3,(H,18,21). The number of likely N-dealkylation sites (tertiary alicyclic amines) is 1. The monoisotopic (exact) mass is 291 g/mol. The second-order valence-electron chi connectivity index (χ2n) is 5.95. The number of aliphatic hydroxyl groups is 1. The zero-order valence-electron chi connectivity index (χ0n) is 12.8. The zero-order chi connectivity index (χ0) is 15.4. The number of hydrogen-bond donors (Lipinski definition) is 3. The third-order valence-electron chi connectivity index (χ3n) is 4.25. The highest BCUT2D eigenvalue weighted by molar-refractivity contribution is 5.92. The zero-order valence-corrected chi connectivity index (χ0v) is 12.8. The molecule has 5 heteroatoms. The van der Waals surface area contributed by atoms with Crippen LogP contribution < -0.4 is 11.1 Å². The van der Waals surface area contributed by atoms with Gasteiger partial charge in [-0.15, -0.1) is 0 Å². The third-order valence-corrected chi connectivity index (χ3v) is 4.25. The highest BCUT2D eigenvalue weighted by atomic mass is 16.3. The van der Waals surface area contributed by atoms with Gasteiger partial charge in [-0.3, -0.25) is 4.79 Å². The first kappa shape index (κ1) is 15.8. The van der Waals surface area contributed by atoms with Crippen molar-refractivity contribution in [1.29, 1.82) is 0 Å². The van der Waals surface area contributed by atoms with Gasteiger partial charge in [0, 0.05) is 37.4 Å². The van der Waals surface area contributed by atoms with Crippen LogP contribution in [-0.4, -0.2) is 41.7 Å². The molecule has 1 heterocycles. The number of anilines is 2. The fourth-order valence-corrected chi connectivity index (χ4v) is 2.68. The van der Waals surface area contributed by atoms with Gasteiger partial charge in [0.1, 0.15) is 0 Å². The lowest BCUT2D eigenvalue weighted by atomic mass is 9.97. The molecular weight excluding hydrogens is 266 g/mol. The average molecular weight is 291 g/mol. The molecule has 1 aromatic carbocycles. The molecule has 0 saturated carbocycles. The third kappa shape index (κ3) is 4.19. The molecule has 0 bridgehead atoms. The lowest BCUT2D eigenvalue weighted by Crippen LogP contribution is -2.42. The number of benzene rings is 1. The predicted molar refractivity (Wildman–Crippen MR) is 85.1 cm³/mol. The van der Waals surface area contributed by atoms with Crippen LogP contribution in [0.4, 0.5) is 11.4 Å². The van der Waals surface area contributed by atoms with Crippen molar-refractivity contribution in [2.45, 2.75) is 32.8 Å². The second-order valence-corrected chi connectivity index (χ2v) is 5.95. The highest BCUT2D eigenvalue weighted by Crippen LogP contribution is 2.21. The van der Waals surface area contributed by atoms with Crippen LogP contribution in [0.25, 0.3) is 0 Å². The molecule has 116 valence electrons. The number of nitrogens with two attached hydrogens (primary N) is 1. The maximum atomic E-state index is 12.0. The van der Waals surface area contributed by atoms with Crippen molar-refractivity contribution in [3.8, 4) is 0 Å². The molecule has 4 N–H and O–H groups in total. The van der Waals surface area contributed by atoms with Crippen LogP contribution in [0.5, 0.6) is 0 Å². The number of aliphatic hydroxyl groups excluding tert-OH is 1. The molecule has 1 amide bonds. The summed E-state index contributed by atoms with van der Waals surface area (Å²) in [6.45, 7) is 6.39. The molecule has 0 radical (unpaired) electrons. The van der Waals surface area contributed by atoms with E-state index in [0.717, 1.165) is 37.3 Å². The minimum atomic E-state index is -0.204. The van der Waals surface area contributed by atoms with Crippen LogP contribution in [-0.2, 0) is 4.79 Å². The number of nitrogens with zero attached hydrogens (tertiary/aromatic N) is 1. The minimum absolute atomic E-state index is 0.00229. The number of nitrogens with one attached hydrogen (secondary N) is 1. The second kappa shape index (κ2) is 6.91. The summed E-state index contributed by atoms with van der Waals surface area (Å²) in [7, 11) is 0. The van der Waals surface area contributed by atoms with Crippen molar-refractivity contribution in [3.05, 3.63) is 23.8 Å². The van der Waals surface area contributed by atoms with Gasteiger partial charge in [-0.25, -0.2) is 0 Å². The lowest BCUT2D eigenvalue weighted by molar-refractivity contribution is -0.116. The Balaban J connectivity index is 1.81. The summed E-state index contributed by atoms with van der Waals surface area (Å²) in [6, 6.07) is 5.53. The molecule has 1 aliphatic rings. The van der Waals surface area contributed by atoms with Gasteiger partial charge in [-0.05, 0) is 37.0 Å². The molecular formula is C16H25N3O2. The number of nitrogen functional groups attached to an aromatic ring is 1. The predicted octanol–water partition coefficient (Wildman–Crippen LogP) is 1.61. The Labute approximate surface area is 126 Å². The topological polar surface area (TPSA) is 78.6 Å². The molecule has 0 aromatic heterocycles. The van der Waals surface area contributed by atoms with Gasteiger partial charge in [0.15, 0.2) is 0 Å². The number of hydrogen-bond acceptors (Lipinski definition) is 4. The van der Waals surface area contributed by atoms with Gasteiger partial charge in [0.2, 0.25) is 5.91 Å². The lowest BCUT2D eigenvalue weighted by Gasteiger charge is -2.34. The summed E-state index contributed by atoms with van der Waals surface area (Å²) in [5, 5.41) is 12.6. The Bertz CT molecular complexity index is 504. The van der Waals surface area contributed by atoms with Gasteiger partial charge in [-0.2, -0.15) is 0 Å². The van der Waals surface area contributed by atoms with E-state index in [1.54, 1.807) is 0 Å². The Morgan fingerprint density at radius 2 is 2.29 bits per heavy atom. The minimum Gasteiger partial charge on any atom is -0.398 e. The van der Waals surface area contributed by atoms with Gasteiger partial charge < -0.3 is 21.1 Å². The number of piperidine rings is 1. The Morgan fingerprint density at radius 3 is 3.00 bits per heavy atom. The van der Waals surface area contributed by atoms with Gasteiger partial charge in [-0.1, -0.05) is 13.0 Å². The Morgan fingerprint density at radius 1 is 1.52 bits per heavy atom. The summed E-state index contributed by atoms with van der Waals surface area (Å²) in [6.07, 6.45) is 1.04. The van der Waals surface area contributed by atoms with E-state index in [-0.39, 0.29) is 17.9 Å². The maximum absolute atomic E-state index is 12.0. The number of carbonyl (C=O) groups excluding carboxylic acids is 1. The largest absolute Gasteiger partial charge is 0.398 e. The first-order valence-corrected chi connectivity index (χ1v) is 7.52. The van der Waals surface area contributed by atoms with Crippen molar-refractivity contribution in [2.24, 2.45) is 5.92 Å². The van der Waals surface area contributed by atoms with Crippen molar-refractivity contribution >= 4 is 17.3 Å². The van der Waals surface area contributed by atoms with Gasteiger partial charge >= 0.3 is 0 Å². The van der Waals surface area contributed by atoms with E-state index in [9.17, 15) is 9.90 Å². The molecule has 2 rings (SSSR count). The molecule has 0 spiro atoms. The molecule has 1 fully saturated rings. The van der Waals surface area contributed by atoms with Crippen LogP contribution in [0.1, 0.15) is 25.3 Å². The first-order chi connectivity index (χ1) is 9.97. The molecule has 21 heavy (non-hydrogen) atoms. The Kier molecular flexibility index (Phi) is 5.20. The van der Waals surface area contributed by atoms with Crippen LogP contribution in [0.3, 0.4) is 0 Å². The van der Waals surface area contributed by atoms with E-state index in [4.69, 9.17) is 5.73 Å². The van der Waals surface area contributed by atoms with Crippen LogP contribution >= 0.6 is 0 Å². The fourth-order valence-electron chi connectivity index (χ4n) is 2.68. The molecule has 5 nitrogen and oxygen atoms in total. The summed E-state index contributed by atoms with van der Waals surface area (Å²) in [4.78, 5) is 14.3.